The van der Waals surface area contributed by atoms with Crippen molar-refractivity contribution in [2.75, 3.05) is 0 Å². The molecule has 0 unspecified atom stereocenters. The number of furan rings is 1. The average molecular weight is 441 g/mol. The Morgan fingerprint density at radius 2 is 1.52 bits per heavy atom. The molecule has 0 amide bonds. The Morgan fingerprint density at radius 3 is 2.48 bits per heavy atom. The molecule has 4 heterocycles. The van der Waals surface area contributed by atoms with Crippen molar-refractivity contribution in [3.63, 3.8) is 0 Å². The minimum absolute atomic E-state index is 0.918. The van der Waals surface area contributed by atoms with Crippen LogP contribution in [0.4, 0.5) is 0 Å². The maximum absolute atomic E-state index is 6.41. The van der Waals surface area contributed by atoms with Gasteiger partial charge >= 0.3 is 0 Å². The molecule has 0 aliphatic rings. The maximum Gasteiger partial charge on any atom is 0.145 e. The summed E-state index contributed by atoms with van der Waals surface area (Å²) < 4.78 is 11.3. The molecule has 0 saturated carbocycles. The summed E-state index contributed by atoms with van der Waals surface area (Å²) >= 11 is 1.84. The van der Waals surface area contributed by atoms with Crippen molar-refractivity contribution in [2.24, 2.45) is 0 Å². The zero-order valence-electron chi connectivity index (χ0n) is 17.4. The summed E-state index contributed by atoms with van der Waals surface area (Å²) in [7, 11) is 0. The molecule has 154 valence electrons. The number of fused-ring (bicyclic) bond motifs is 10. The van der Waals surface area contributed by atoms with Crippen LogP contribution in [0.2, 0.25) is 0 Å². The van der Waals surface area contributed by atoms with Gasteiger partial charge in [-0.2, -0.15) is 0 Å². The molecule has 0 saturated heterocycles. The summed E-state index contributed by atoms with van der Waals surface area (Å²) in [6.07, 6.45) is 3.82. The number of pyridine rings is 1. The Morgan fingerprint density at radius 1 is 0.667 bits per heavy atom. The SMILES string of the molecule is c1ccc2c(c1)oc1c2ccc2c1c1ccncc1n2-c1ccc2sc3ccccc3c2c1. The van der Waals surface area contributed by atoms with Crippen LogP contribution in [0.25, 0.3) is 69.6 Å². The van der Waals surface area contributed by atoms with Gasteiger partial charge in [-0.25, -0.2) is 0 Å². The van der Waals surface area contributed by atoms with Gasteiger partial charge < -0.3 is 8.98 Å². The second-order valence-electron chi connectivity index (χ2n) is 8.44. The van der Waals surface area contributed by atoms with Crippen molar-refractivity contribution in [2.45, 2.75) is 0 Å². The lowest BCUT2D eigenvalue weighted by atomic mass is 10.1. The van der Waals surface area contributed by atoms with E-state index >= 15 is 0 Å². The quantitative estimate of drug-likeness (QED) is 0.256. The van der Waals surface area contributed by atoms with Gasteiger partial charge in [-0.05, 0) is 48.5 Å². The third kappa shape index (κ3) is 2.25. The fourth-order valence-corrected chi connectivity index (χ4v) is 6.35. The van der Waals surface area contributed by atoms with Gasteiger partial charge in [-0.1, -0.05) is 36.4 Å². The zero-order valence-corrected chi connectivity index (χ0v) is 18.3. The molecular formula is C29H16N2OS. The summed E-state index contributed by atoms with van der Waals surface area (Å²) in [5.41, 5.74) is 5.20. The minimum atomic E-state index is 0.918. The summed E-state index contributed by atoms with van der Waals surface area (Å²) in [5, 5.41) is 7.18. The summed E-state index contributed by atoms with van der Waals surface area (Å²) in [5.74, 6) is 0. The van der Waals surface area contributed by atoms with E-state index in [1.807, 2.05) is 35.9 Å². The first-order valence-corrected chi connectivity index (χ1v) is 11.8. The van der Waals surface area contributed by atoms with Crippen molar-refractivity contribution >= 4 is 75.3 Å². The first-order valence-electron chi connectivity index (χ1n) is 11.0. The third-order valence-corrected chi connectivity index (χ3v) is 7.85. The molecule has 0 bridgehead atoms. The van der Waals surface area contributed by atoms with E-state index in [-0.39, 0.29) is 0 Å². The monoisotopic (exact) mass is 440 g/mol. The first-order chi connectivity index (χ1) is 16.4. The predicted molar refractivity (Wildman–Crippen MR) is 139 cm³/mol. The number of nitrogens with zero attached hydrogens (tertiary/aromatic N) is 2. The number of benzene rings is 4. The van der Waals surface area contributed by atoms with Crippen molar-refractivity contribution in [1.29, 1.82) is 0 Å². The van der Waals surface area contributed by atoms with Gasteiger partial charge in [0.1, 0.15) is 11.2 Å². The van der Waals surface area contributed by atoms with Gasteiger partial charge in [0, 0.05) is 48.2 Å². The van der Waals surface area contributed by atoms with Crippen molar-refractivity contribution in [3.05, 3.63) is 97.3 Å². The number of thiophene rings is 1. The van der Waals surface area contributed by atoms with Crippen LogP contribution in [0.1, 0.15) is 0 Å². The molecular weight excluding hydrogens is 424 g/mol. The Balaban J connectivity index is 1.53. The van der Waals surface area contributed by atoms with E-state index in [0.717, 1.165) is 49.4 Å². The fourth-order valence-electron chi connectivity index (χ4n) is 5.26. The van der Waals surface area contributed by atoms with Crippen LogP contribution < -0.4 is 0 Å². The van der Waals surface area contributed by atoms with Crippen LogP contribution in [0.15, 0.2) is 102 Å². The van der Waals surface area contributed by atoms with Crippen molar-refractivity contribution in [1.82, 2.24) is 9.55 Å². The van der Waals surface area contributed by atoms with E-state index in [1.54, 1.807) is 0 Å². The molecule has 0 N–H and O–H groups in total. The van der Waals surface area contributed by atoms with Crippen molar-refractivity contribution < 1.29 is 4.42 Å². The zero-order chi connectivity index (χ0) is 21.5. The smallest absolute Gasteiger partial charge is 0.145 e. The van der Waals surface area contributed by atoms with E-state index in [4.69, 9.17) is 4.42 Å². The molecule has 0 spiro atoms. The second kappa shape index (κ2) is 6.21. The standard InChI is InChI=1S/C29H16N2OS/c1-3-7-25-18(5-1)20-10-11-23-28(29(20)32-25)21-13-14-30-16-24(21)31(23)17-9-12-27-22(15-17)19-6-2-4-8-26(19)33-27/h1-16H. The third-order valence-electron chi connectivity index (χ3n) is 6.69. The van der Waals surface area contributed by atoms with Crippen LogP contribution in [0.5, 0.6) is 0 Å². The van der Waals surface area contributed by atoms with E-state index in [0.29, 0.717) is 0 Å². The van der Waals surface area contributed by atoms with Crippen LogP contribution in [-0.2, 0) is 0 Å². The van der Waals surface area contributed by atoms with Gasteiger partial charge in [-0.3, -0.25) is 4.98 Å². The van der Waals surface area contributed by atoms with Gasteiger partial charge in [0.15, 0.2) is 0 Å². The fraction of sp³-hybridized carbons (Fsp3) is 0. The van der Waals surface area contributed by atoms with Gasteiger partial charge in [0.2, 0.25) is 0 Å². The molecule has 8 rings (SSSR count). The highest BCUT2D eigenvalue weighted by atomic mass is 32.1. The molecule has 0 radical (unpaired) electrons. The molecule has 0 fully saturated rings. The lowest BCUT2D eigenvalue weighted by Crippen LogP contribution is -1.93. The van der Waals surface area contributed by atoms with Crippen LogP contribution >= 0.6 is 11.3 Å². The van der Waals surface area contributed by atoms with Crippen LogP contribution in [0, 0.1) is 0 Å². The summed E-state index contributed by atoms with van der Waals surface area (Å²) in [4.78, 5) is 4.47. The Labute approximate surface area is 192 Å². The van der Waals surface area contributed by atoms with E-state index in [1.165, 1.54) is 20.2 Å². The number of para-hydroxylation sites is 1. The van der Waals surface area contributed by atoms with E-state index < -0.39 is 0 Å². The number of rotatable bonds is 1. The molecule has 3 nitrogen and oxygen atoms in total. The number of hydrogen-bond acceptors (Lipinski definition) is 3. The molecule has 4 aromatic carbocycles. The van der Waals surface area contributed by atoms with Gasteiger partial charge in [0.25, 0.3) is 0 Å². The lowest BCUT2D eigenvalue weighted by Gasteiger charge is -2.08. The molecule has 0 aliphatic heterocycles. The average Bonchev–Trinajstić information content (AvgIpc) is 3.52. The Kier molecular flexibility index (Phi) is 3.28. The van der Waals surface area contributed by atoms with E-state index in [2.05, 4.69) is 82.3 Å². The lowest BCUT2D eigenvalue weighted by molar-refractivity contribution is 0.673. The predicted octanol–water partition coefficient (Wildman–Crippen LogP) is 8.45. The molecule has 8 aromatic rings. The minimum Gasteiger partial charge on any atom is -0.455 e. The van der Waals surface area contributed by atoms with Gasteiger partial charge in [0.05, 0.1) is 22.6 Å². The Bertz CT molecular complexity index is 2040. The topological polar surface area (TPSA) is 31.0 Å². The highest BCUT2D eigenvalue weighted by molar-refractivity contribution is 7.25. The highest BCUT2D eigenvalue weighted by Gasteiger charge is 2.19. The highest BCUT2D eigenvalue weighted by Crippen LogP contribution is 2.41. The molecule has 0 aliphatic carbocycles. The molecule has 4 aromatic heterocycles. The molecule has 4 heteroatoms. The summed E-state index contributed by atoms with van der Waals surface area (Å²) in [6.45, 7) is 0. The van der Waals surface area contributed by atoms with Crippen molar-refractivity contribution in [3.8, 4) is 5.69 Å². The molecule has 0 atom stereocenters. The first kappa shape index (κ1) is 17.4. The summed E-state index contributed by atoms with van der Waals surface area (Å²) in [6, 6.07) is 30.1. The number of aromatic nitrogens is 2. The molecule has 33 heavy (non-hydrogen) atoms. The van der Waals surface area contributed by atoms with Crippen LogP contribution in [-0.4, -0.2) is 9.55 Å². The van der Waals surface area contributed by atoms with Crippen LogP contribution in [0.3, 0.4) is 0 Å². The maximum atomic E-state index is 6.41. The second-order valence-corrected chi connectivity index (χ2v) is 9.53. The largest absolute Gasteiger partial charge is 0.455 e. The Hall–Kier alpha value is -4.15. The number of hydrogen-bond donors (Lipinski definition) is 0. The van der Waals surface area contributed by atoms with Gasteiger partial charge in [-0.15, -0.1) is 11.3 Å². The normalized spacial score (nSPS) is 12.2. The van der Waals surface area contributed by atoms with E-state index in [9.17, 15) is 0 Å².